The summed E-state index contributed by atoms with van der Waals surface area (Å²) in [5.74, 6) is 1.29. The van der Waals surface area contributed by atoms with Crippen LogP contribution in [0.2, 0.25) is 0 Å². The molecule has 4 aromatic rings. The number of aryl methyl sites for hydroxylation is 1. The summed E-state index contributed by atoms with van der Waals surface area (Å²) < 4.78 is 22.0. The maximum Gasteiger partial charge on any atom is 0.229 e. The van der Waals surface area contributed by atoms with E-state index in [1.54, 1.807) is 35.4 Å². The molecule has 0 aliphatic carbocycles. The van der Waals surface area contributed by atoms with Crippen LogP contribution < -0.4 is 15.0 Å². The van der Waals surface area contributed by atoms with Gasteiger partial charge in [0.2, 0.25) is 5.95 Å². The maximum absolute atomic E-state index is 14.6. The van der Waals surface area contributed by atoms with Crippen LogP contribution in [0.4, 0.5) is 27.5 Å². The second-order valence-electron chi connectivity index (χ2n) is 6.93. The van der Waals surface area contributed by atoms with Crippen LogP contribution in [0.1, 0.15) is 5.69 Å². The van der Waals surface area contributed by atoms with E-state index in [9.17, 15) is 4.39 Å². The molecule has 0 unspecified atom stereocenters. The van der Waals surface area contributed by atoms with Crippen molar-refractivity contribution >= 4 is 23.1 Å². The summed E-state index contributed by atoms with van der Waals surface area (Å²) in [6, 6.07) is 14.9. The molecule has 5 rings (SSSR count). The van der Waals surface area contributed by atoms with Gasteiger partial charge in [-0.15, -0.1) is 0 Å². The Hall–Kier alpha value is -3.94. The maximum atomic E-state index is 14.6. The largest absolute Gasteiger partial charge is 0.486 e. The Labute approximate surface area is 172 Å². The minimum atomic E-state index is -0.371. The number of hydrogen-bond donors (Lipinski definition) is 1. The van der Waals surface area contributed by atoms with Gasteiger partial charge in [-0.3, -0.25) is 0 Å². The number of para-hydroxylation sites is 1. The van der Waals surface area contributed by atoms with Crippen molar-refractivity contribution < 1.29 is 9.13 Å². The van der Waals surface area contributed by atoms with Crippen LogP contribution in [0, 0.1) is 12.7 Å². The van der Waals surface area contributed by atoms with Gasteiger partial charge in [0, 0.05) is 17.6 Å². The normalized spacial score (nSPS) is 12.9. The van der Waals surface area contributed by atoms with Crippen LogP contribution in [-0.4, -0.2) is 32.7 Å². The lowest BCUT2D eigenvalue weighted by molar-refractivity contribution is 0.310. The van der Waals surface area contributed by atoms with E-state index < -0.39 is 0 Å². The Kier molecular flexibility index (Phi) is 4.51. The Morgan fingerprint density at radius 2 is 1.97 bits per heavy atom. The summed E-state index contributed by atoms with van der Waals surface area (Å²) in [6.45, 7) is 3.10. The predicted octanol–water partition coefficient (Wildman–Crippen LogP) is 4.38. The van der Waals surface area contributed by atoms with E-state index in [-0.39, 0.29) is 5.82 Å². The summed E-state index contributed by atoms with van der Waals surface area (Å²) in [5, 5.41) is 3.08. The lowest BCUT2D eigenvalue weighted by atomic mass is 10.2. The number of rotatable bonds is 4. The minimum Gasteiger partial charge on any atom is -0.486 e. The standard InChI is InChI=1S/C22H19FN6O/c1-15-13-28(14-25-15)19-8-7-16(11-18(19)23)26-22-24-12-20-21(27-22)29(9-10-30-20)17-5-3-2-4-6-17/h2-8,11-14H,9-10H2,1H3,(H,24,26,27). The van der Waals surface area contributed by atoms with Crippen molar-refractivity contribution in [2.24, 2.45) is 0 Å². The van der Waals surface area contributed by atoms with Gasteiger partial charge in [0.05, 0.1) is 30.5 Å². The molecule has 3 heterocycles. The monoisotopic (exact) mass is 402 g/mol. The predicted molar refractivity (Wildman–Crippen MR) is 113 cm³/mol. The third kappa shape index (κ3) is 3.43. The Balaban J connectivity index is 1.43. The second-order valence-corrected chi connectivity index (χ2v) is 6.93. The summed E-state index contributed by atoms with van der Waals surface area (Å²) in [5.41, 5.74) is 2.83. The first-order valence-corrected chi connectivity index (χ1v) is 9.57. The second kappa shape index (κ2) is 7.47. The van der Waals surface area contributed by atoms with Crippen LogP contribution >= 0.6 is 0 Å². The van der Waals surface area contributed by atoms with Gasteiger partial charge in [-0.25, -0.2) is 14.4 Å². The molecular formula is C22H19FN6O. The summed E-state index contributed by atoms with van der Waals surface area (Å²) in [7, 11) is 0. The fraction of sp³-hybridized carbons (Fsp3) is 0.136. The Morgan fingerprint density at radius 1 is 1.10 bits per heavy atom. The van der Waals surface area contributed by atoms with Gasteiger partial charge in [-0.2, -0.15) is 4.98 Å². The van der Waals surface area contributed by atoms with E-state index in [0.717, 1.165) is 11.4 Å². The number of halogens is 1. The van der Waals surface area contributed by atoms with Crippen molar-refractivity contribution in [2.75, 3.05) is 23.4 Å². The zero-order chi connectivity index (χ0) is 20.5. The van der Waals surface area contributed by atoms with Crippen LogP contribution in [-0.2, 0) is 0 Å². The molecule has 1 N–H and O–H groups in total. The molecule has 0 amide bonds. The first-order chi connectivity index (χ1) is 14.7. The number of aromatic nitrogens is 4. The van der Waals surface area contributed by atoms with Gasteiger partial charge in [0.15, 0.2) is 11.6 Å². The highest BCUT2D eigenvalue weighted by Gasteiger charge is 2.22. The summed E-state index contributed by atoms with van der Waals surface area (Å²) in [4.78, 5) is 15.2. The summed E-state index contributed by atoms with van der Waals surface area (Å²) >= 11 is 0. The Morgan fingerprint density at radius 3 is 2.73 bits per heavy atom. The average Bonchev–Trinajstić information content (AvgIpc) is 3.20. The quantitative estimate of drug-likeness (QED) is 0.546. The van der Waals surface area contributed by atoms with Gasteiger partial charge in [-0.05, 0) is 37.3 Å². The number of fused-ring (bicyclic) bond motifs is 1. The molecule has 1 aliphatic rings. The van der Waals surface area contributed by atoms with Gasteiger partial charge >= 0.3 is 0 Å². The van der Waals surface area contributed by atoms with E-state index in [2.05, 4.69) is 25.2 Å². The van der Waals surface area contributed by atoms with E-state index >= 15 is 0 Å². The van der Waals surface area contributed by atoms with Gasteiger partial charge in [-0.1, -0.05) is 18.2 Å². The molecule has 7 nitrogen and oxygen atoms in total. The number of benzene rings is 2. The van der Waals surface area contributed by atoms with Crippen LogP contribution in [0.5, 0.6) is 5.75 Å². The highest BCUT2D eigenvalue weighted by Crippen LogP contribution is 2.35. The number of anilines is 4. The fourth-order valence-electron chi connectivity index (χ4n) is 3.41. The minimum absolute atomic E-state index is 0.366. The van der Waals surface area contributed by atoms with Crippen molar-refractivity contribution in [3.05, 3.63) is 78.8 Å². The van der Waals surface area contributed by atoms with E-state index in [1.165, 1.54) is 6.07 Å². The zero-order valence-corrected chi connectivity index (χ0v) is 16.3. The first kappa shape index (κ1) is 18.1. The molecule has 0 fully saturated rings. The first-order valence-electron chi connectivity index (χ1n) is 9.57. The molecule has 0 saturated carbocycles. The lowest BCUT2D eigenvalue weighted by Crippen LogP contribution is -2.29. The number of ether oxygens (including phenoxy) is 1. The molecule has 0 atom stereocenters. The highest BCUT2D eigenvalue weighted by atomic mass is 19.1. The van der Waals surface area contributed by atoms with E-state index in [0.29, 0.717) is 42.0 Å². The van der Waals surface area contributed by atoms with Crippen LogP contribution in [0.3, 0.4) is 0 Å². The molecule has 150 valence electrons. The van der Waals surface area contributed by atoms with E-state index in [4.69, 9.17) is 4.74 Å². The molecule has 1 aliphatic heterocycles. The molecule has 30 heavy (non-hydrogen) atoms. The smallest absolute Gasteiger partial charge is 0.229 e. The summed E-state index contributed by atoms with van der Waals surface area (Å²) in [6.07, 6.45) is 5.00. The van der Waals surface area contributed by atoms with Crippen LogP contribution in [0.25, 0.3) is 5.69 Å². The number of nitrogens with one attached hydrogen (secondary N) is 1. The molecule has 8 heteroatoms. The molecular weight excluding hydrogens is 383 g/mol. The third-order valence-electron chi connectivity index (χ3n) is 4.83. The van der Waals surface area contributed by atoms with Crippen LogP contribution in [0.15, 0.2) is 67.3 Å². The average molecular weight is 402 g/mol. The topological polar surface area (TPSA) is 68.1 Å². The number of imidazole rings is 1. The molecule has 2 aromatic carbocycles. The van der Waals surface area contributed by atoms with Gasteiger partial charge < -0.3 is 19.5 Å². The molecule has 0 radical (unpaired) electrons. The van der Waals surface area contributed by atoms with Crippen molar-refractivity contribution in [3.63, 3.8) is 0 Å². The number of nitrogens with zero attached hydrogens (tertiary/aromatic N) is 5. The fourth-order valence-corrected chi connectivity index (χ4v) is 3.41. The van der Waals surface area contributed by atoms with Crippen molar-refractivity contribution in [1.82, 2.24) is 19.5 Å². The lowest BCUT2D eigenvalue weighted by Gasteiger charge is -2.30. The van der Waals surface area contributed by atoms with Gasteiger partial charge in [0.1, 0.15) is 12.4 Å². The van der Waals surface area contributed by atoms with Crippen molar-refractivity contribution in [3.8, 4) is 11.4 Å². The Bertz CT molecular complexity index is 1190. The molecule has 0 spiro atoms. The highest BCUT2D eigenvalue weighted by molar-refractivity contribution is 5.68. The van der Waals surface area contributed by atoms with Crippen molar-refractivity contribution in [1.29, 1.82) is 0 Å². The van der Waals surface area contributed by atoms with E-state index in [1.807, 2.05) is 37.3 Å². The SMILES string of the molecule is Cc1cn(-c2ccc(Nc3ncc4c(n3)N(c3ccccc3)CCO4)cc2F)cn1. The van der Waals surface area contributed by atoms with Crippen molar-refractivity contribution in [2.45, 2.75) is 6.92 Å². The third-order valence-corrected chi connectivity index (χ3v) is 4.83. The molecule has 2 aromatic heterocycles. The molecule has 0 saturated heterocycles. The van der Waals surface area contributed by atoms with Gasteiger partial charge in [0.25, 0.3) is 0 Å². The zero-order valence-electron chi connectivity index (χ0n) is 16.3. The molecule has 0 bridgehead atoms. The number of hydrogen-bond acceptors (Lipinski definition) is 6.